The summed E-state index contributed by atoms with van der Waals surface area (Å²) in [7, 11) is 1.77. The van der Waals surface area contributed by atoms with Crippen LogP contribution in [0.25, 0.3) is 0 Å². The molecule has 102 valence electrons. The number of carbonyl (C=O) groups is 1. The third-order valence-electron chi connectivity index (χ3n) is 2.81. The second kappa shape index (κ2) is 5.56. The third kappa shape index (κ3) is 3.04. The van der Waals surface area contributed by atoms with Crippen LogP contribution >= 0.6 is 15.9 Å². The fourth-order valence-corrected chi connectivity index (χ4v) is 2.32. The van der Waals surface area contributed by atoms with Crippen LogP contribution in [-0.2, 0) is 20.1 Å². The average molecular weight is 326 g/mol. The van der Waals surface area contributed by atoms with E-state index in [1.807, 2.05) is 24.7 Å². The lowest BCUT2D eigenvalue weighted by Crippen LogP contribution is -2.24. The molecular formula is C12H16BrN5O. The van der Waals surface area contributed by atoms with Crippen LogP contribution in [0.5, 0.6) is 0 Å². The molecule has 0 aliphatic heterocycles. The molecule has 6 nitrogen and oxygen atoms in total. The van der Waals surface area contributed by atoms with Gasteiger partial charge < -0.3 is 5.32 Å². The quantitative estimate of drug-likeness (QED) is 0.929. The average Bonchev–Trinajstić information content (AvgIpc) is 2.89. The van der Waals surface area contributed by atoms with Crippen LogP contribution in [-0.4, -0.2) is 25.5 Å². The highest BCUT2D eigenvalue weighted by molar-refractivity contribution is 9.10. The van der Waals surface area contributed by atoms with Crippen LogP contribution in [0.15, 0.2) is 16.9 Å². The van der Waals surface area contributed by atoms with Gasteiger partial charge in [-0.25, -0.2) is 0 Å². The number of carbonyl (C=O) groups excluding carboxylic acids is 1. The highest BCUT2D eigenvalue weighted by Gasteiger charge is 2.14. The molecule has 2 heterocycles. The molecule has 2 aromatic rings. The van der Waals surface area contributed by atoms with Crippen molar-refractivity contribution >= 4 is 21.8 Å². The summed E-state index contributed by atoms with van der Waals surface area (Å²) in [5.74, 6) is -0.198. The minimum atomic E-state index is -0.198. The van der Waals surface area contributed by atoms with E-state index < -0.39 is 0 Å². The van der Waals surface area contributed by atoms with Crippen molar-refractivity contribution in [3.05, 3.63) is 33.8 Å². The zero-order chi connectivity index (χ0) is 14.0. The molecule has 7 heteroatoms. The van der Waals surface area contributed by atoms with Gasteiger partial charge in [-0.05, 0) is 29.8 Å². The SMILES string of the molecule is CCn1cc(CNC(=O)c2nn(C)cc2Br)c(C)n1. The van der Waals surface area contributed by atoms with E-state index in [9.17, 15) is 4.79 Å². The Labute approximate surface area is 119 Å². The van der Waals surface area contributed by atoms with Gasteiger partial charge in [0.2, 0.25) is 0 Å². The van der Waals surface area contributed by atoms with Gasteiger partial charge in [-0.2, -0.15) is 10.2 Å². The molecule has 0 aliphatic carbocycles. The minimum absolute atomic E-state index is 0.198. The molecule has 0 atom stereocenters. The molecule has 0 aliphatic rings. The smallest absolute Gasteiger partial charge is 0.273 e. The molecule has 0 unspecified atom stereocenters. The lowest BCUT2D eigenvalue weighted by atomic mass is 10.2. The third-order valence-corrected chi connectivity index (χ3v) is 3.39. The van der Waals surface area contributed by atoms with Crippen molar-refractivity contribution in [2.24, 2.45) is 7.05 Å². The van der Waals surface area contributed by atoms with Gasteiger partial charge in [0.1, 0.15) is 0 Å². The summed E-state index contributed by atoms with van der Waals surface area (Å²) in [5.41, 5.74) is 2.34. The fraction of sp³-hybridized carbons (Fsp3) is 0.417. The Balaban J connectivity index is 2.04. The number of nitrogens with one attached hydrogen (secondary N) is 1. The van der Waals surface area contributed by atoms with Crippen LogP contribution < -0.4 is 5.32 Å². The zero-order valence-electron chi connectivity index (χ0n) is 11.1. The summed E-state index contributed by atoms with van der Waals surface area (Å²) in [4.78, 5) is 12.0. The van der Waals surface area contributed by atoms with E-state index in [-0.39, 0.29) is 5.91 Å². The van der Waals surface area contributed by atoms with Gasteiger partial charge >= 0.3 is 0 Å². The van der Waals surface area contributed by atoms with E-state index in [1.165, 1.54) is 0 Å². The largest absolute Gasteiger partial charge is 0.346 e. The van der Waals surface area contributed by atoms with Gasteiger partial charge in [-0.1, -0.05) is 0 Å². The van der Waals surface area contributed by atoms with Crippen molar-refractivity contribution in [3.8, 4) is 0 Å². The standard InChI is InChI=1S/C12H16BrN5O/c1-4-18-6-9(8(2)15-18)5-14-12(19)11-10(13)7-17(3)16-11/h6-7H,4-5H2,1-3H3,(H,14,19). The molecule has 1 N–H and O–H groups in total. The van der Waals surface area contributed by atoms with Gasteiger partial charge in [-0.3, -0.25) is 14.2 Å². The Hall–Kier alpha value is -1.63. The molecule has 0 aromatic carbocycles. The Morgan fingerprint density at radius 1 is 1.42 bits per heavy atom. The number of aromatic nitrogens is 4. The van der Waals surface area contributed by atoms with Crippen LogP contribution in [0.1, 0.15) is 28.7 Å². The first-order valence-corrected chi connectivity index (χ1v) is 6.80. The van der Waals surface area contributed by atoms with Gasteiger partial charge in [0.05, 0.1) is 10.2 Å². The van der Waals surface area contributed by atoms with Crippen molar-refractivity contribution in [3.63, 3.8) is 0 Å². The van der Waals surface area contributed by atoms with Crippen LogP contribution in [0.3, 0.4) is 0 Å². The van der Waals surface area contributed by atoms with Crippen molar-refractivity contribution in [2.45, 2.75) is 26.9 Å². The first-order valence-electron chi connectivity index (χ1n) is 6.01. The van der Waals surface area contributed by atoms with E-state index in [2.05, 4.69) is 31.4 Å². The molecule has 0 saturated heterocycles. The highest BCUT2D eigenvalue weighted by atomic mass is 79.9. The summed E-state index contributed by atoms with van der Waals surface area (Å²) < 4.78 is 4.14. The number of halogens is 1. The lowest BCUT2D eigenvalue weighted by Gasteiger charge is -2.02. The minimum Gasteiger partial charge on any atom is -0.346 e. The maximum atomic E-state index is 12.0. The number of nitrogens with zero attached hydrogens (tertiary/aromatic N) is 4. The molecule has 0 fully saturated rings. The summed E-state index contributed by atoms with van der Waals surface area (Å²) >= 11 is 3.31. The maximum absolute atomic E-state index is 12.0. The summed E-state index contributed by atoms with van der Waals surface area (Å²) in [5, 5.41) is 11.3. The Morgan fingerprint density at radius 3 is 2.68 bits per heavy atom. The van der Waals surface area contributed by atoms with E-state index in [0.717, 1.165) is 17.8 Å². The Kier molecular flexibility index (Phi) is 4.04. The van der Waals surface area contributed by atoms with Gasteiger partial charge in [0.15, 0.2) is 5.69 Å². The summed E-state index contributed by atoms with van der Waals surface area (Å²) in [6.45, 7) is 5.23. The maximum Gasteiger partial charge on any atom is 0.273 e. The molecule has 1 amide bonds. The van der Waals surface area contributed by atoms with Crippen LogP contribution in [0, 0.1) is 6.92 Å². The first kappa shape index (κ1) is 13.8. The van der Waals surface area contributed by atoms with Crippen LogP contribution in [0.4, 0.5) is 0 Å². The molecular weight excluding hydrogens is 310 g/mol. The molecule has 0 spiro atoms. The predicted molar refractivity (Wildman–Crippen MR) is 74.7 cm³/mol. The number of hydrogen-bond acceptors (Lipinski definition) is 3. The zero-order valence-corrected chi connectivity index (χ0v) is 12.7. The number of aryl methyl sites for hydroxylation is 3. The van der Waals surface area contributed by atoms with E-state index in [4.69, 9.17) is 0 Å². The van der Waals surface area contributed by atoms with Gasteiger partial charge in [0.25, 0.3) is 5.91 Å². The first-order chi connectivity index (χ1) is 9.01. The normalized spacial score (nSPS) is 10.7. The molecule has 0 radical (unpaired) electrons. The summed E-state index contributed by atoms with van der Waals surface area (Å²) in [6.07, 6.45) is 3.69. The van der Waals surface area contributed by atoms with E-state index in [0.29, 0.717) is 16.7 Å². The lowest BCUT2D eigenvalue weighted by molar-refractivity contribution is 0.0944. The molecule has 2 aromatic heterocycles. The number of hydrogen-bond donors (Lipinski definition) is 1. The molecule has 2 rings (SSSR count). The molecule has 0 saturated carbocycles. The number of amides is 1. The molecule has 0 bridgehead atoms. The van der Waals surface area contributed by atoms with E-state index >= 15 is 0 Å². The highest BCUT2D eigenvalue weighted by Crippen LogP contribution is 2.14. The van der Waals surface area contributed by atoms with Crippen molar-refractivity contribution in [1.82, 2.24) is 24.9 Å². The number of rotatable bonds is 4. The van der Waals surface area contributed by atoms with Gasteiger partial charge in [-0.15, -0.1) is 0 Å². The molecule has 19 heavy (non-hydrogen) atoms. The van der Waals surface area contributed by atoms with Crippen molar-refractivity contribution in [2.75, 3.05) is 0 Å². The Bertz CT molecular complexity index is 601. The topological polar surface area (TPSA) is 64.7 Å². The second-order valence-electron chi connectivity index (χ2n) is 4.28. The summed E-state index contributed by atoms with van der Waals surface area (Å²) in [6, 6.07) is 0. The van der Waals surface area contributed by atoms with Crippen LogP contribution in [0.2, 0.25) is 0 Å². The predicted octanol–water partition coefficient (Wildman–Crippen LogP) is 1.64. The van der Waals surface area contributed by atoms with Crippen molar-refractivity contribution < 1.29 is 4.79 Å². The fourth-order valence-electron chi connectivity index (χ4n) is 1.77. The second-order valence-corrected chi connectivity index (χ2v) is 5.13. The van der Waals surface area contributed by atoms with Gasteiger partial charge in [0, 0.05) is 38.1 Å². The Morgan fingerprint density at radius 2 is 2.16 bits per heavy atom. The van der Waals surface area contributed by atoms with Crippen molar-refractivity contribution in [1.29, 1.82) is 0 Å². The monoisotopic (exact) mass is 325 g/mol. The van der Waals surface area contributed by atoms with E-state index in [1.54, 1.807) is 17.9 Å².